The number of nitrogens with one attached hydrogen (secondary N) is 1. The smallest absolute Gasteiger partial charge is 0.263 e. The van der Waals surface area contributed by atoms with Crippen molar-refractivity contribution < 1.29 is 4.79 Å². The summed E-state index contributed by atoms with van der Waals surface area (Å²) in [6.07, 6.45) is 15.4. The molecule has 1 saturated carbocycles. The third-order valence-electron chi connectivity index (χ3n) is 5.97. The first-order chi connectivity index (χ1) is 13.2. The maximum absolute atomic E-state index is 12.7. The van der Waals surface area contributed by atoms with Crippen LogP contribution in [0.4, 0.5) is 0 Å². The van der Waals surface area contributed by atoms with Crippen molar-refractivity contribution in [1.82, 2.24) is 15.1 Å². The number of amides is 1. The fraction of sp³-hybridized carbons (Fsp3) is 0.818. The second-order valence-electron chi connectivity index (χ2n) is 8.05. The summed E-state index contributed by atoms with van der Waals surface area (Å²) < 4.78 is 0. The molecule has 1 amide bonds. The standard InChI is InChI=1S/C22H38N4O/c1-2-25-14-16-26(17-15-25)19-20(18-23)22(27)24-21-12-10-8-6-4-3-5-7-9-11-13-21/h19,21H,2-17H2,1H3,(H,24,27)/b20-19-. The predicted octanol–water partition coefficient (Wildman–Crippen LogP) is 3.82. The van der Waals surface area contributed by atoms with Crippen LogP contribution in [0.25, 0.3) is 0 Å². The van der Waals surface area contributed by atoms with E-state index in [0.717, 1.165) is 45.6 Å². The van der Waals surface area contributed by atoms with Crippen LogP contribution in [0.2, 0.25) is 0 Å². The zero-order valence-corrected chi connectivity index (χ0v) is 17.2. The fourth-order valence-electron chi connectivity index (χ4n) is 4.10. The molecule has 5 nitrogen and oxygen atoms in total. The van der Waals surface area contributed by atoms with Crippen LogP contribution in [0.15, 0.2) is 11.8 Å². The van der Waals surface area contributed by atoms with Crippen LogP contribution < -0.4 is 5.32 Å². The molecule has 0 unspecified atom stereocenters. The number of rotatable bonds is 4. The second kappa shape index (κ2) is 12.8. The molecule has 2 rings (SSSR count). The van der Waals surface area contributed by atoms with Crippen molar-refractivity contribution in [3.63, 3.8) is 0 Å². The van der Waals surface area contributed by atoms with Crippen molar-refractivity contribution in [3.8, 4) is 6.07 Å². The fourth-order valence-corrected chi connectivity index (χ4v) is 4.10. The maximum Gasteiger partial charge on any atom is 0.263 e. The Morgan fingerprint density at radius 3 is 1.96 bits per heavy atom. The minimum atomic E-state index is -0.187. The molecule has 2 fully saturated rings. The lowest BCUT2D eigenvalue weighted by Gasteiger charge is -2.33. The molecule has 2 aliphatic rings. The second-order valence-corrected chi connectivity index (χ2v) is 8.05. The van der Waals surface area contributed by atoms with E-state index in [1.807, 2.05) is 0 Å². The van der Waals surface area contributed by atoms with E-state index in [1.54, 1.807) is 6.20 Å². The van der Waals surface area contributed by atoms with Gasteiger partial charge in [0.1, 0.15) is 11.6 Å². The molecule has 27 heavy (non-hydrogen) atoms. The van der Waals surface area contributed by atoms with Crippen molar-refractivity contribution in [1.29, 1.82) is 5.26 Å². The lowest BCUT2D eigenvalue weighted by molar-refractivity contribution is -0.118. The van der Waals surface area contributed by atoms with Gasteiger partial charge < -0.3 is 15.1 Å². The number of nitrogens with zero attached hydrogens (tertiary/aromatic N) is 3. The van der Waals surface area contributed by atoms with E-state index >= 15 is 0 Å². The van der Waals surface area contributed by atoms with Gasteiger partial charge in [-0.25, -0.2) is 0 Å². The molecule has 1 aliphatic carbocycles. The molecule has 0 bridgehead atoms. The molecule has 1 saturated heterocycles. The highest BCUT2D eigenvalue weighted by Crippen LogP contribution is 2.17. The summed E-state index contributed by atoms with van der Waals surface area (Å²) in [7, 11) is 0. The summed E-state index contributed by atoms with van der Waals surface area (Å²) in [5.41, 5.74) is 0.256. The monoisotopic (exact) mass is 374 g/mol. The lowest BCUT2D eigenvalue weighted by atomic mass is 9.97. The molecule has 0 radical (unpaired) electrons. The molecule has 1 N–H and O–H groups in total. The van der Waals surface area contributed by atoms with Gasteiger partial charge in [-0.15, -0.1) is 0 Å². The molecular formula is C22H38N4O. The van der Waals surface area contributed by atoms with E-state index in [4.69, 9.17) is 0 Å². The van der Waals surface area contributed by atoms with E-state index < -0.39 is 0 Å². The van der Waals surface area contributed by atoms with Crippen LogP contribution in [0, 0.1) is 11.3 Å². The van der Waals surface area contributed by atoms with Crippen molar-refractivity contribution in [2.75, 3.05) is 32.7 Å². The Balaban J connectivity index is 1.86. The highest BCUT2D eigenvalue weighted by atomic mass is 16.1. The van der Waals surface area contributed by atoms with Crippen LogP contribution >= 0.6 is 0 Å². The average Bonchev–Trinajstić information content (AvgIpc) is 2.68. The molecule has 1 heterocycles. The van der Waals surface area contributed by atoms with Crippen molar-refractivity contribution in [2.45, 2.75) is 83.6 Å². The van der Waals surface area contributed by atoms with Crippen LogP contribution in [-0.2, 0) is 4.79 Å². The van der Waals surface area contributed by atoms with Gasteiger partial charge in [0.15, 0.2) is 0 Å². The molecule has 0 spiro atoms. The Morgan fingerprint density at radius 2 is 1.48 bits per heavy atom. The van der Waals surface area contributed by atoms with Crippen molar-refractivity contribution in [2.24, 2.45) is 0 Å². The zero-order valence-electron chi connectivity index (χ0n) is 17.2. The third kappa shape index (κ3) is 8.34. The number of hydrogen-bond donors (Lipinski definition) is 1. The van der Waals surface area contributed by atoms with Gasteiger partial charge in [-0.2, -0.15) is 5.26 Å². The van der Waals surface area contributed by atoms with Gasteiger partial charge >= 0.3 is 0 Å². The first-order valence-corrected chi connectivity index (χ1v) is 11.1. The SMILES string of the molecule is CCN1CCN(/C=C(/C#N)C(=O)NC2CCCCCCCCCCC2)CC1. The number of nitriles is 1. The Morgan fingerprint density at radius 1 is 0.963 bits per heavy atom. The van der Waals surface area contributed by atoms with Gasteiger partial charge in [0.2, 0.25) is 0 Å². The minimum Gasteiger partial charge on any atom is -0.374 e. The summed E-state index contributed by atoms with van der Waals surface area (Å²) in [4.78, 5) is 17.2. The highest BCUT2D eigenvalue weighted by molar-refractivity contribution is 5.97. The Bertz CT molecular complexity index is 491. The largest absolute Gasteiger partial charge is 0.374 e. The quantitative estimate of drug-likeness (QED) is 0.600. The third-order valence-corrected chi connectivity index (χ3v) is 5.97. The number of piperazine rings is 1. The topological polar surface area (TPSA) is 59.4 Å². The summed E-state index contributed by atoms with van der Waals surface area (Å²) in [5, 5.41) is 12.7. The molecular weight excluding hydrogens is 336 g/mol. The lowest BCUT2D eigenvalue weighted by Crippen LogP contribution is -2.44. The van der Waals surface area contributed by atoms with Gasteiger partial charge in [-0.3, -0.25) is 4.79 Å². The van der Waals surface area contributed by atoms with E-state index in [9.17, 15) is 10.1 Å². The molecule has 5 heteroatoms. The van der Waals surface area contributed by atoms with E-state index in [1.165, 1.54) is 57.8 Å². The summed E-state index contributed by atoms with van der Waals surface area (Å²) >= 11 is 0. The Kier molecular flexibility index (Phi) is 10.3. The molecule has 0 aromatic carbocycles. The van der Waals surface area contributed by atoms with Gasteiger partial charge in [0.25, 0.3) is 5.91 Å². The average molecular weight is 375 g/mol. The maximum atomic E-state index is 12.7. The van der Waals surface area contributed by atoms with Gasteiger partial charge in [0.05, 0.1) is 0 Å². The van der Waals surface area contributed by atoms with Gasteiger partial charge in [-0.05, 0) is 19.4 Å². The van der Waals surface area contributed by atoms with E-state index in [2.05, 4.69) is 28.1 Å². The number of hydrogen-bond acceptors (Lipinski definition) is 4. The van der Waals surface area contributed by atoms with E-state index in [0.29, 0.717) is 0 Å². The van der Waals surface area contributed by atoms with Crippen LogP contribution in [0.3, 0.4) is 0 Å². The number of carbonyl (C=O) groups is 1. The van der Waals surface area contributed by atoms with Gasteiger partial charge in [0, 0.05) is 38.4 Å². The van der Waals surface area contributed by atoms with Crippen LogP contribution in [0.1, 0.15) is 77.6 Å². The minimum absolute atomic E-state index is 0.187. The highest BCUT2D eigenvalue weighted by Gasteiger charge is 2.19. The normalized spacial score (nSPS) is 22.4. The number of likely N-dealkylation sites (N-methyl/N-ethyl adjacent to an activating group) is 1. The first-order valence-electron chi connectivity index (χ1n) is 11.1. The Labute approximate surface area is 165 Å². The van der Waals surface area contributed by atoms with Crippen LogP contribution in [0.5, 0.6) is 0 Å². The molecule has 0 aromatic heterocycles. The summed E-state index contributed by atoms with van der Waals surface area (Å²) in [6, 6.07) is 2.34. The summed E-state index contributed by atoms with van der Waals surface area (Å²) in [6.45, 7) is 6.99. The molecule has 152 valence electrons. The first kappa shape index (κ1) is 21.8. The van der Waals surface area contributed by atoms with Crippen molar-refractivity contribution >= 4 is 5.91 Å². The molecule has 1 aliphatic heterocycles. The molecule has 0 aromatic rings. The van der Waals surface area contributed by atoms with Crippen LogP contribution in [-0.4, -0.2) is 54.5 Å². The van der Waals surface area contributed by atoms with E-state index in [-0.39, 0.29) is 17.5 Å². The Hall–Kier alpha value is -1.54. The predicted molar refractivity (Wildman–Crippen MR) is 110 cm³/mol. The number of carbonyl (C=O) groups excluding carboxylic acids is 1. The van der Waals surface area contributed by atoms with Gasteiger partial charge in [-0.1, -0.05) is 64.7 Å². The summed E-state index contributed by atoms with van der Waals surface area (Å²) in [5.74, 6) is -0.187. The van der Waals surface area contributed by atoms with Crippen molar-refractivity contribution in [3.05, 3.63) is 11.8 Å². The molecule has 0 atom stereocenters. The zero-order chi connectivity index (χ0) is 19.3.